The molecule has 1 amide bonds. The first kappa shape index (κ1) is 17.2. The van der Waals surface area contributed by atoms with Crippen molar-refractivity contribution >= 4 is 11.6 Å². The lowest BCUT2D eigenvalue weighted by Crippen LogP contribution is -2.42. The van der Waals surface area contributed by atoms with Crippen LogP contribution in [0.2, 0.25) is 0 Å². The fourth-order valence-electron chi connectivity index (χ4n) is 4.80. The van der Waals surface area contributed by atoms with Crippen LogP contribution in [0, 0.1) is 0 Å². The Morgan fingerprint density at radius 1 is 1.29 bits per heavy atom. The molecule has 2 atom stereocenters. The predicted molar refractivity (Wildman–Crippen MR) is 106 cm³/mol. The van der Waals surface area contributed by atoms with Gasteiger partial charge in [0.25, 0.3) is 0 Å². The van der Waals surface area contributed by atoms with E-state index in [-0.39, 0.29) is 18.0 Å². The van der Waals surface area contributed by atoms with E-state index in [1.165, 1.54) is 5.69 Å². The highest BCUT2D eigenvalue weighted by Gasteiger charge is 2.43. The van der Waals surface area contributed by atoms with E-state index in [0.29, 0.717) is 6.42 Å². The van der Waals surface area contributed by atoms with Gasteiger partial charge in [-0.1, -0.05) is 19.1 Å². The van der Waals surface area contributed by atoms with Gasteiger partial charge in [-0.2, -0.15) is 5.10 Å². The fraction of sp³-hybridized carbons (Fsp3) is 0.409. The highest BCUT2D eigenvalue weighted by atomic mass is 16.5. The minimum atomic E-state index is 0.142. The maximum Gasteiger partial charge on any atom is 0.223 e. The van der Waals surface area contributed by atoms with E-state index in [0.717, 1.165) is 53.9 Å². The molecule has 6 heteroatoms. The number of carbonyl (C=O) groups excluding carboxylic acids is 1. The predicted octanol–water partition coefficient (Wildman–Crippen LogP) is 3.79. The highest BCUT2D eigenvalue weighted by molar-refractivity contribution is 5.78. The van der Waals surface area contributed by atoms with E-state index in [1.54, 1.807) is 7.11 Å². The Morgan fingerprint density at radius 2 is 2.14 bits per heavy atom. The van der Waals surface area contributed by atoms with Gasteiger partial charge in [0.05, 0.1) is 24.5 Å². The molecule has 0 aliphatic carbocycles. The summed E-state index contributed by atoms with van der Waals surface area (Å²) in [5.74, 6) is 1.08. The standard InChI is InChI=1S/C22H24N4O2/c1-3-6-22(27)25-14-9-10-18(25)16-13-23-21-12-17(24-26(21)19(16)11-14)15-7-4-5-8-20(15)28-2/h4-5,7-8,12-14,18H,3,6,9-11H2,1-2H3. The fourth-order valence-corrected chi connectivity index (χ4v) is 4.80. The van der Waals surface area contributed by atoms with Gasteiger partial charge in [-0.25, -0.2) is 9.50 Å². The summed E-state index contributed by atoms with van der Waals surface area (Å²) in [6, 6.07) is 10.3. The number of rotatable bonds is 4. The van der Waals surface area contributed by atoms with Crippen LogP contribution in [0.15, 0.2) is 36.5 Å². The second-order valence-electron chi connectivity index (χ2n) is 7.66. The molecule has 1 fully saturated rings. The van der Waals surface area contributed by atoms with Crippen molar-refractivity contribution in [1.82, 2.24) is 19.5 Å². The minimum Gasteiger partial charge on any atom is -0.496 e. The summed E-state index contributed by atoms with van der Waals surface area (Å²) in [5, 5.41) is 4.88. The molecule has 0 N–H and O–H groups in total. The lowest BCUT2D eigenvalue weighted by Gasteiger charge is -2.36. The number of hydrogen-bond acceptors (Lipinski definition) is 4. The number of fused-ring (bicyclic) bond motifs is 6. The molecule has 5 rings (SSSR count). The van der Waals surface area contributed by atoms with Crippen LogP contribution in [0.1, 0.15) is 49.9 Å². The number of carbonyl (C=O) groups is 1. The number of benzene rings is 1. The van der Waals surface area contributed by atoms with Gasteiger partial charge in [-0.15, -0.1) is 0 Å². The third-order valence-electron chi connectivity index (χ3n) is 6.04. The molecule has 2 unspecified atom stereocenters. The van der Waals surface area contributed by atoms with Crippen LogP contribution in [0.4, 0.5) is 0 Å². The summed E-state index contributed by atoms with van der Waals surface area (Å²) in [7, 11) is 1.67. The van der Waals surface area contributed by atoms with Crippen molar-refractivity contribution in [3.8, 4) is 17.0 Å². The van der Waals surface area contributed by atoms with Gasteiger partial charge in [-0.05, 0) is 31.4 Å². The molecule has 144 valence electrons. The second-order valence-corrected chi connectivity index (χ2v) is 7.66. The number of para-hydroxylation sites is 1. The molecule has 6 nitrogen and oxygen atoms in total. The Hall–Kier alpha value is -2.89. The van der Waals surface area contributed by atoms with Gasteiger partial charge in [-0.3, -0.25) is 4.79 Å². The van der Waals surface area contributed by atoms with Crippen LogP contribution in [-0.2, 0) is 11.2 Å². The van der Waals surface area contributed by atoms with Crippen molar-refractivity contribution < 1.29 is 9.53 Å². The van der Waals surface area contributed by atoms with Crippen LogP contribution >= 0.6 is 0 Å². The number of hydrogen-bond donors (Lipinski definition) is 0. The number of aromatic nitrogens is 3. The molecule has 1 saturated heterocycles. The molecule has 0 radical (unpaired) electrons. The van der Waals surface area contributed by atoms with Crippen LogP contribution in [0.5, 0.6) is 5.75 Å². The first-order valence-corrected chi connectivity index (χ1v) is 10.0. The molecule has 2 aliphatic heterocycles. The SMILES string of the molecule is CCCC(=O)N1C2CCC1c1cnc3cc(-c4ccccc4OC)nn3c1C2. The van der Waals surface area contributed by atoms with Crippen molar-refractivity contribution in [2.75, 3.05) is 7.11 Å². The van der Waals surface area contributed by atoms with Crippen molar-refractivity contribution in [2.24, 2.45) is 0 Å². The molecular weight excluding hydrogens is 352 g/mol. The Kier molecular flexibility index (Phi) is 4.07. The summed E-state index contributed by atoms with van der Waals surface area (Å²) >= 11 is 0. The molecule has 4 heterocycles. The first-order valence-electron chi connectivity index (χ1n) is 10.0. The van der Waals surface area contributed by atoms with Crippen LogP contribution in [0.3, 0.4) is 0 Å². The smallest absolute Gasteiger partial charge is 0.223 e. The maximum absolute atomic E-state index is 12.7. The molecule has 0 spiro atoms. The highest BCUT2D eigenvalue weighted by Crippen LogP contribution is 2.44. The van der Waals surface area contributed by atoms with Crippen molar-refractivity contribution in [3.63, 3.8) is 0 Å². The summed E-state index contributed by atoms with van der Waals surface area (Å²) in [5.41, 5.74) is 5.00. The molecule has 1 aromatic carbocycles. The van der Waals surface area contributed by atoms with Crippen molar-refractivity contribution in [2.45, 2.75) is 51.1 Å². The zero-order valence-corrected chi connectivity index (χ0v) is 16.3. The topological polar surface area (TPSA) is 59.7 Å². The Balaban J connectivity index is 1.60. The molecule has 2 aliphatic rings. The van der Waals surface area contributed by atoms with Crippen LogP contribution in [0.25, 0.3) is 16.9 Å². The first-order chi connectivity index (χ1) is 13.7. The number of nitrogens with zero attached hydrogens (tertiary/aromatic N) is 4. The van der Waals surface area contributed by atoms with Crippen molar-refractivity contribution in [1.29, 1.82) is 0 Å². The van der Waals surface area contributed by atoms with E-state index in [2.05, 4.69) is 16.8 Å². The van der Waals surface area contributed by atoms with E-state index in [1.807, 2.05) is 41.0 Å². The van der Waals surface area contributed by atoms with Gasteiger partial charge in [0.1, 0.15) is 5.75 Å². The van der Waals surface area contributed by atoms with E-state index < -0.39 is 0 Å². The average Bonchev–Trinajstić information content (AvgIpc) is 3.29. The normalized spacial score (nSPS) is 20.4. The molecule has 2 aromatic heterocycles. The zero-order chi connectivity index (χ0) is 19.3. The third-order valence-corrected chi connectivity index (χ3v) is 6.04. The molecule has 28 heavy (non-hydrogen) atoms. The summed E-state index contributed by atoms with van der Waals surface area (Å²) in [6.07, 6.45) is 6.38. The number of amides is 1. The lowest BCUT2D eigenvalue weighted by molar-refractivity contribution is -0.134. The maximum atomic E-state index is 12.7. The van der Waals surface area contributed by atoms with Crippen LogP contribution in [-0.4, -0.2) is 38.6 Å². The Labute approximate surface area is 164 Å². The van der Waals surface area contributed by atoms with E-state index in [9.17, 15) is 4.79 Å². The van der Waals surface area contributed by atoms with Gasteiger partial charge in [0.15, 0.2) is 5.65 Å². The monoisotopic (exact) mass is 376 g/mol. The second kappa shape index (κ2) is 6.62. The average molecular weight is 376 g/mol. The van der Waals surface area contributed by atoms with Gasteiger partial charge >= 0.3 is 0 Å². The molecule has 2 bridgehead atoms. The Morgan fingerprint density at radius 3 is 2.96 bits per heavy atom. The zero-order valence-electron chi connectivity index (χ0n) is 16.3. The summed E-state index contributed by atoms with van der Waals surface area (Å²) < 4.78 is 7.48. The van der Waals surface area contributed by atoms with Gasteiger partial charge < -0.3 is 9.64 Å². The van der Waals surface area contributed by atoms with Gasteiger partial charge in [0.2, 0.25) is 5.91 Å². The quantitative estimate of drug-likeness (QED) is 0.695. The van der Waals surface area contributed by atoms with Crippen molar-refractivity contribution in [3.05, 3.63) is 47.8 Å². The lowest BCUT2D eigenvalue weighted by atomic mass is 9.98. The molecular formula is C22H24N4O2. The van der Waals surface area contributed by atoms with Gasteiger partial charge in [0, 0.05) is 42.3 Å². The Bertz CT molecular complexity index is 1060. The van der Waals surface area contributed by atoms with Crippen LogP contribution < -0.4 is 4.74 Å². The summed E-state index contributed by atoms with van der Waals surface area (Å²) in [6.45, 7) is 2.06. The number of methoxy groups -OCH3 is 1. The summed E-state index contributed by atoms with van der Waals surface area (Å²) in [4.78, 5) is 19.5. The minimum absolute atomic E-state index is 0.142. The van der Waals surface area contributed by atoms with E-state index in [4.69, 9.17) is 9.84 Å². The molecule has 0 saturated carbocycles. The number of ether oxygens (including phenoxy) is 1. The van der Waals surface area contributed by atoms with E-state index >= 15 is 0 Å². The third kappa shape index (κ3) is 2.51. The largest absolute Gasteiger partial charge is 0.496 e. The molecule has 3 aromatic rings.